The van der Waals surface area contributed by atoms with Gasteiger partial charge in [0.05, 0.1) is 5.41 Å². The highest BCUT2D eigenvalue weighted by Crippen LogP contribution is 2.20. The molecule has 1 rings (SSSR count). The van der Waals surface area contributed by atoms with Crippen molar-refractivity contribution in [3.05, 3.63) is 33.8 Å². The maximum Gasteiger partial charge on any atom is 0.309 e. The molecule has 0 radical (unpaired) electrons. The Hall–Kier alpha value is -1.36. The van der Waals surface area contributed by atoms with Gasteiger partial charge in [-0.1, -0.05) is 15.9 Å². The molecule has 0 aromatic heterocycles. The van der Waals surface area contributed by atoms with Crippen LogP contribution in [0.1, 0.15) is 36.2 Å². The summed E-state index contributed by atoms with van der Waals surface area (Å²) in [6.07, 6.45) is 0.393. The standard InChI is InChI=1S/C14H18BrNO3/c1-9-8-10(15)4-5-11(9)12(17)16-7-6-14(2,3)13(18)19/h4-5,8H,6-7H2,1-3H3,(H,16,17)(H,18,19). The lowest BCUT2D eigenvalue weighted by atomic mass is 9.89. The van der Waals surface area contributed by atoms with E-state index in [0.717, 1.165) is 10.0 Å². The topological polar surface area (TPSA) is 66.4 Å². The molecule has 0 saturated carbocycles. The molecule has 4 nitrogen and oxygen atoms in total. The highest BCUT2D eigenvalue weighted by Gasteiger charge is 2.26. The number of carboxylic acid groups (broad SMARTS) is 1. The zero-order valence-electron chi connectivity index (χ0n) is 11.3. The van der Waals surface area contributed by atoms with Crippen molar-refractivity contribution in [3.8, 4) is 0 Å². The largest absolute Gasteiger partial charge is 0.481 e. The summed E-state index contributed by atoms with van der Waals surface area (Å²) in [4.78, 5) is 22.9. The molecular formula is C14H18BrNO3. The van der Waals surface area contributed by atoms with E-state index < -0.39 is 11.4 Å². The van der Waals surface area contributed by atoms with E-state index in [-0.39, 0.29) is 5.91 Å². The minimum Gasteiger partial charge on any atom is -0.481 e. The maximum atomic E-state index is 12.0. The number of carbonyl (C=O) groups excluding carboxylic acids is 1. The molecule has 1 aromatic carbocycles. The average Bonchev–Trinajstić information content (AvgIpc) is 2.28. The van der Waals surface area contributed by atoms with E-state index in [9.17, 15) is 9.59 Å². The molecule has 0 unspecified atom stereocenters. The molecule has 104 valence electrons. The molecule has 0 aliphatic carbocycles. The monoisotopic (exact) mass is 327 g/mol. The second-order valence-corrected chi connectivity index (χ2v) is 6.07. The molecule has 0 atom stereocenters. The zero-order chi connectivity index (χ0) is 14.6. The van der Waals surface area contributed by atoms with E-state index in [1.165, 1.54) is 0 Å². The van der Waals surface area contributed by atoms with E-state index in [2.05, 4.69) is 21.2 Å². The van der Waals surface area contributed by atoms with Gasteiger partial charge in [-0.15, -0.1) is 0 Å². The van der Waals surface area contributed by atoms with Crippen LogP contribution in [0.2, 0.25) is 0 Å². The molecule has 0 aliphatic rings. The lowest BCUT2D eigenvalue weighted by Gasteiger charge is -2.19. The number of halogens is 1. The highest BCUT2D eigenvalue weighted by molar-refractivity contribution is 9.10. The number of hydrogen-bond acceptors (Lipinski definition) is 2. The molecule has 1 aromatic rings. The van der Waals surface area contributed by atoms with Crippen LogP contribution in [0.3, 0.4) is 0 Å². The predicted octanol–water partition coefficient (Wildman–Crippen LogP) is 2.99. The van der Waals surface area contributed by atoms with E-state index in [1.807, 2.05) is 19.1 Å². The van der Waals surface area contributed by atoms with Gasteiger partial charge in [0.15, 0.2) is 0 Å². The molecule has 0 spiro atoms. The second kappa shape index (κ2) is 6.19. The van der Waals surface area contributed by atoms with Gasteiger partial charge >= 0.3 is 5.97 Å². The van der Waals surface area contributed by atoms with Gasteiger partial charge in [-0.2, -0.15) is 0 Å². The molecular weight excluding hydrogens is 310 g/mol. The first-order valence-electron chi connectivity index (χ1n) is 6.02. The van der Waals surface area contributed by atoms with Crippen molar-refractivity contribution in [2.24, 2.45) is 5.41 Å². The number of rotatable bonds is 5. The van der Waals surface area contributed by atoms with Crippen LogP contribution in [-0.4, -0.2) is 23.5 Å². The number of aryl methyl sites for hydroxylation is 1. The molecule has 0 bridgehead atoms. The number of amides is 1. The fourth-order valence-electron chi connectivity index (χ4n) is 1.57. The molecule has 2 N–H and O–H groups in total. The van der Waals surface area contributed by atoms with Crippen molar-refractivity contribution in [1.29, 1.82) is 0 Å². The second-order valence-electron chi connectivity index (χ2n) is 5.15. The number of nitrogens with one attached hydrogen (secondary N) is 1. The zero-order valence-corrected chi connectivity index (χ0v) is 12.9. The maximum absolute atomic E-state index is 12.0. The molecule has 19 heavy (non-hydrogen) atoms. The van der Waals surface area contributed by atoms with Gasteiger partial charge in [0.25, 0.3) is 5.91 Å². The van der Waals surface area contributed by atoms with Crippen LogP contribution in [0.4, 0.5) is 0 Å². The summed E-state index contributed by atoms with van der Waals surface area (Å²) in [5, 5.41) is 11.7. The first-order valence-corrected chi connectivity index (χ1v) is 6.81. The van der Waals surface area contributed by atoms with Gasteiger partial charge in [-0.25, -0.2) is 0 Å². The summed E-state index contributed by atoms with van der Waals surface area (Å²) in [6.45, 7) is 5.49. The van der Waals surface area contributed by atoms with Crippen molar-refractivity contribution in [2.45, 2.75) is 27.2 Å². The van der Waals surface area contributed by atoms with E-state index in [0.29, 0.717) is 18.5 Å². The van der Waals surface area contributed by atoms with Gasteiger partial charge < -0.3 is 10.4 Å². The summed E-state index contributed by atoms with van der Waals surface area (Å²) in [7, 11) is 0. The molecule has 0 fully saturated rings. The molecule has 5 heteroatoms. The lowest BCUT2D eigenvalue weighted by Crippen LogP contribution is -2.32. The van der Waals surface area contributed by atoms with E-state index in [1.54, 1.807) is 19.9 Å². The Morgan fingerprint density at radius 1 is 1.37 bits per heavy atom. The molecule has 0 heterocycles. The minimum absolute atomic E-state index is 0.175. The Bertz CT molecular complexity index is 497. The number of benzene rings is 1. The minimum atomic E-state index is -0.860. The Labute approximate surface area is 121 Å². The predicted molar refractivity (Wildman–Crippen MR) is 77.2 cm³/mol. The van der Waals surface area contributed by atoms with Crippen molar-refractivity contribution >= 4 is 27.8 Å². The Morgan fingerprint density at radius 2 is 2.00 bits per heavy atom. The fraction of sp³-hybridized carbons (Fsp3) is 0.429. The van der Waals surface area contributed by atoms with Crippen LogP contribution in [0.25, 0.3) is 0 Å². The van der Waals surface area contributed by atoms with Crippen molar-refractivity contribution in [2.75, 3.05) is 6.54 Å². The molecule has 0 aliphatic heterocycles. The van der Waals surface area contributed by atoms with Crippen LogP contribution in [-0.2, 0) is 4.79 Å². The van der Waals surface area contributed by atoms with Crippen molar-refractivity contribution in [1.82, 2.24) is 5.32 Å². The molecule has 0 saturated heterocycles. The lowest BCUT2D eigenvalue weighted by molar-refractivity contribution is -0.147. The number of aliphatic carboxylic acids is 1. The first kappa shape index (κ1) is 15.7. The summed E-state index contributed by atoms with van der Waals surface area (Å²) in [6, 6.07) is 5.43. The Morgan fingerprint density at radius 3 is 2.53 bits per heavy atom. The van der Waals surface area contributed by atoms with Gasteiger partial charge in [-0.3, -0.25) is 9.59 Å². The third kappa shape index (κ3) is 4.35. The van der Waals surface area contributed by atoms with Crippen LogP contribution in [0.15, 0.2) is 22.7 Å². The molecule has 1 amide bonds. The highest BCUT2D eigenvalue weighted by atomic mass is 79.9. The third-order valence-corrected chi connectivity index (χ3v) is 3.54. The number of carbonyl (C=O) groups is 2. The van der Waals surface area contributed by atoms with Gasteiger partial charge in [0.2, 0.25) is 0 Å². The summed E-state index contributed by atoms with van der Waals surface area (Å²) >= 11 is 3.34. The van der Waals surface area contributed by atoms with Crippen molar-refractivity contribution in [3.63, 3.8) is 0 Å². The normalized spacial score (nSPS) is 11.2. The quantitative estimate of drug-likeness (QED) is 0.873. The fourth-order valence-corrected chi connectivity index (χ4v) is 2.05. The average molecular weight is 328 g/mol. The van der Waals surface area contributed by atoms with Gasteiger partial charge in [0.1, 0.15) is 0 Å². The van der Waals surface area contributed by atoms with Crippen LogP contribution in [0, 0.1) is 12.3 Å². The SMILES string of the molecule is Cc1cc(Br)ccc1C(=O)NCCC(C)(C)C(=O)O. The summed E-state index contributed by atoms with van der Waals surface area (Å²) in [5.41, 5.74) is 0.655. The summed E-state index contributed by atoms with van der Waals surface area (Å²) < 4.78 is 0.925. The van der Waals surface area contributed by atoms with E-state index in [4.69, 9.17) is 5.11 Å². The van der Waals surface area contributed by atoms with Gasteiger partial charge in [0, 0.05) is 16.6 Å². The third-order valence-electron chi connectivity index (χ3n) is 3.05. The van der Waals surface area contributed by atoms with Crippen LogP contribution in [0.5, 0.6) is 0 Å². The van der Waals surface area contributed by atoms with Crippen molar-refractivity contribution < 1.29 is 14.7 Å². The van der Waals surface area contributed by atoms with Crippen LogP contribution >= 0.6 is 15.9 Å². The number of carboxylic acids is 1. The Kier molecular flexibility index (Phi) is 5.11. The smallest absolute Gasteiger partial charge is 0.309 e. The van der Waals surface area contributed by atoms with E-state index >= 15 is 0 Å². The van der Waals surface area contributed by atoms with Gasteiger partial charge in [-0.05, 0) is 51.0 Å². The summed E-state index contributed by atoms with van der Waals surface area (Å²) in [5.74, 6) is -1.03. The van der Waals surface area contributed by atoms with Crippen LogP contribution < -0.4 is 5.32 Å². The Balaban J connectivity index is 2.59. The number of hydrogen-bond donors (Lipinski definition) is 2. The first-order chi connectivity index (χ1) is 8.74.